The van der Waals surface area contributed by atoms with Gasteiger partial charge in [-0.15, -0.1) is 0 Å². The Morgan fingerprint density at radius 1 is 1.06 bits per heavy atom. The second-order valence-electron chi connectivity index (χ2n) is 3.93. The Morgan fingerprint density at radius 2 is 1.72 bits per heavy atom. The fourth-order valence-corrected chi connectivity index (χ4v) is 1.78. The summed E-state index contributed by atoms with van der Waals surface area (Å²) in [4.78, 5) is 0. The third kappa shape index (κ3) is 4.01. The maximum absolute atomic E-state index is 5.73. The molecule has 0 aromatic heterocycles. The highest BCUT2D eigenvalue weighted by atomic mass is 16.5. The molecule has 0 saturated carbocycles. The van der Waals surface area contributed by atoms with Crippen molar-refractivity contribution < 1.29 is 4.74 Å². The average Bonchev–Trinajstić information content (AvgIpc) is 2.39. The Morgan fingerprint density at radius 3 is 2.11 bits per heavy atom. The largest absolute Gasteiger partial charge is 0.369 e. The topological polar surface area (TPSA) is 9.23 Å². The van der Waals surface area contributed by atoms with Crippen LogP contribution in [0, 0.1) is 0 Å². The Bertz CT molecular complexity index is 394. The maximum atomic E-state index is 5.73. The molecule has 98 valence electrons. The van der Waals surface area contributed by atoms with E-state index in [1.165, 1.54) is 0 Å². The average molecular weight is 244 g/mol. The number of hydrogen-bond acceptors (Lipinski definition) is 1. The van der Waals surface area contributed by atoms with Gasteiger partial charge in [-0.25, -0.2) is 0 Å². The predicted octanol–water partition coefficient (Wildman–Crippen LogP) is 4.77. The first-order chi connectivity index (χ1) is 8.60. The summed E-state index contributed by atoms with van der Waals surface area (Å²) >= 11 is 0. The zero-order chi connectivity index (χ0) is 14.0. The molecule has 0 aliphatic heterocycles. The molecule has 0 aliphatic rings. The highest BCUT2D eigenvalue weighted by molar-refractivity contribution is 5.45. The van der Waals surface area contributed by atoms with E-state index in [1.807, 2.05) is 57.2 Å². The van der Waals surface area contributed by atoms with Gasteiger partial charge >= 0.3 is 0 Å². The molecular weight excluding hydrogens is 220 g/mol. The minimum atomic E-state index is -0.491. The van der Waals surface area contributed by atoms with E-state index in [1.54, 1.807) is 19.3 Å². The van der Waals surface area contributed by atoms with Crippen molar-refractivity contribution in [3.8, 4) is 0 Å². The van der Waals surface area contributed by atoms with Crippen molar-refractivity contribution in [2.75, 3.05) is 7.11 Å². The quantitative estimate of drug-likeness (QED) is 0.586. The van der Waals surface area contributed by atoms with Crippen molar-refractivity contribution in [2.24, 2.45) is 0 Å². The van der Waals surface area contributed by atoms with E-state index in [-0.39, 0.29) is 0 Å². The number of rotatable bonds is 7. The molecule has 0 amide bonds. The minimum absolute atomic E-state index is 0.491. The van der Waals surface area contributed by atoms with Crippen LogP contribution in [0.3, 0.4) is 0 Å². The molecule has 18 heavy (non-hydrogen) atoms. The van der Waals surface area contributed by atoms with Crippen LogP contribution in [-0.4, -0.2) is 12.7 Å². The zero-order valence-electron chi connectivity index (χ0n) is 11.9. The van der Waals surface area contributed by atoms with Crippen molar-refractivity contribution in [1.82, 2.24) is 0 Å². The monoisotopic (exact) mass is 244 g/mol. The first-order valence-electron chi connectivity index (χ1n) is 6.07. The maximum Gasteiger partial charge on any atom is 0.115 e. The summed E-state index contributed by atoms with van der Waals surface area (Å²) in [6.45, 7) is 13.5. The Kier molecular flexibility index (Phi) is 7.73. The van der Waals surface area contributed by atoms with Crippen molar-refractivity contribution >= 4 is 0 Å². The second-order valence-corrected chi connectivity index (χ2v) is 3.93. The molecule has 0 heterocycles. The highest BCUT2D eigenvalue weighted by Crippen LogP contribution is 2.31. The first kappa shape index (κ1) is 16.4. The van der Waals surface area contributed by atoms with Crippen molar-refractivity contribution in [2.45, 2.75) is 26.4 Å². The summed E-state index contributed by atoms with van der Waals surface area (Å²) in [5.74, 6) is 0. The molecule has 1 nitrogen and oxygen atoms in total. The van der Waals surface area contributed by atoms with Crippen LogP contribution in [0.4, 0.5) is 0 Å². The van der Waals surface area contributed by atoms with Gasteiger partial charge in [0, 0.05) is 7.11 Å². The Balaban J connectivity index is 5.69. The van der Waals surface area contributed by atoms with Crippen molar-refractivity contribution in [3.63, 3.8) is 0 Å². The summed E-state index contributed by atoms with van der Waals surface area (Å²) in [7, 11) is 1.71. The number of hydrogen-bond donors (Lipinski definition) is 0. The lowest BCUT2D eigenvalue weighted by Gasteiger charge is -2.31. The van der Waals surface area contributed by atoms with Crippen LogP contribution in [0.25, 0.3) is 0 Å². The van der Waals surface area contributed by atoms with Gasteiger partial charge in [0.2, 0.25) is 0 Å². The minimum Gasteiger partial charge on any atom is -0.369 e. The lowest BCUT2D eigenvalue weighted by Crippen LogP contribution is -2.31. The summed E-state index contributed by atoms with van der Waals surface area (Å²) in [5, 5.41) is 0. The van der Waals surface area contributed by atoms with Gasteiger partial charge in [0.15, 0.2) is 0 Å². The smallest absolute Gasteiger partial charge is 0.115 e. The molecule has 0 rings (SSSR count). The SMILES string of the molecule is C=C/C=C\C(=C/C)C(C)(OC)C(/C=C\C)=C/C=C. The number of allylic oxidation sites excluding steroid dienone is 6. The fraction of sp³-hybridized carbons (Fsp3) is 0.294. The summed E-state index contributed by atoms with van der Waals surface area (Å²) < 4.78 is 5.73. The molecule has 0 saturated heterocycles. The lowest BCUT2D eigenvalue weighted by molar-refractivity contribution is 0.0759. The third-order valence-electron chi connectivity index (χ3n) is 2.88. The van der Waals surface area contributed by atoms with Gasteiger partial charge < -0.3 is 4.74 Å². The van der Waals surface area contributed by atoms with Gasteiger partial charge in [-0.05, 0) is 31.9 Å². The van der Waals surface area contributed by atoms with E-state index < -0.39 is 5.60 Å². The van der Waals surface area contributed by atoms with Gasteiger partial charge in [-0.2, -0.15) is 0 Å². The standard InChI is InChI=1S/C17H24O/c1-7-11-14-15(10-4)17(5,18-6)16(12-8-2)13-9-3/h7-14H,1-2H2,3-6H3/b13-9-,14-11-,15-10+,16-12+. The van der Waals surface area contributed by atoms with Crippen LogP contribution in [-0.2, 0) is 4.74 Å². The van der Waals surface area contributed by atoms with Crippen LogP contribution in [0.1, 0.15) is 20.8 Å². The fourth-order valence-electron chi connectivity index (χ4n) is 1.78. The highest BCUT2D eigenvalue weighted by Gasteiger charge is 2.29. The molecule has 0 bridgehead atoms. The third-order valence-corrected chi connectivity index (χ3v) is 2.88. The molecular formula is C17H24O. The van der Waals surface area contributed by atoms with E-state index >= 15 is 0 Å². The summed E-state index contributed by atoms with van der Waals surface area (Å²) in [5.41, 5.74) is 1.65. The van der Waals surface area contributed by atoms with E-state index in [2.05, 4.69) is 13.2 Å². The van der Waals surface area contributed by atoms with Crippen molar-refractivity contribution in [3.05, 3.63) is 72.9 Å². The summed E-state index contributed by atoms with van der Waals surface area (Å²) in [6, 6.07) is 0. The van der Waals surface area contributed by atoms with Crippen LogP contribution >= 0.6 is 0 Å². The van der Waals surface area contributed by atoms with Crippen LogP contribution in [0.2, 0.25) is 0 Å². The van der Waals surface area contributed by atoms with Gasteiger partial charge in [0.1, 0.15) is 5.60 Å². The summed E-state index contributed by atoms with van der Waals surface area (Å²) in [6.07, 6.45) is 15.5. The van der Waals surface area contributed by atoms with Crippen molar-refractivity contribution in [1.29, 1.82) is 0 Å². The second kappa shape index (κ2) is 8.48. The van der Waals surface area contributed by atoms with Crippen LogP contribution in [0.15, 0.2) is 72.9 Å². The molecule has 1 atom stereocenters. The van der Waals surface area contributed by atoms with Gasteiger partial charge in [-0.3, -0.25) is 0 Å². The first-order valence-corrected chi connectivity index (χ1v) is 6.07. The molecule has 0 aromatic rings. The van der Waals surface area contributed by atoms with E-state index in [0.717, 1.165) is 11.1 Å². The van der Waals surface area contributed by atoms with Crippen LogP contribution in [0.5, 0.6) is 0 Å². The number of methoxy groups -OCH3 is 1. The number of ether oxygens (including phenoxy) is 1. The molecule has 1 unspecified atom stereocenters. The zero-order valence-corrected chi connectivity index (χ0v) is 11.9. The molecule has 0 aromatic carbocycles. The molecule has 0 aliphatic carbocycles. The molecule has 0 fully saturated rings. The Labute approximate surface area is 112 Å². The molecule has 0 N–H and O–H groups in total. The molecule has 1 heteroatoms. The molecule has 0 radical (unpaired) electrons. The normalized spacial score (nSPS) is 17.1. The van der Waals surface area contributed by atoms with E-state index in [4.69, 9.17) is 4.74 Å². The van der Waals surface area contributed by atoms with Crippen LogP contribution < -0.4 is 0 Å². The van der Waals surface area contributed by atoms with Gasteiger partial charge in [0.05, 0.1) is 0 Å². The van der Waals surface area contributed by atoms with E-state index in [0.29, 0.717) is 0 Å². The lowest BCUT2D eigenvalue weighted by atomic mass is 9.86. The molecule has 0 spiro atoms. The van der Waals surface area contributed by atoms with Gasteiger partial charge in [0.25, 0.3) is 0 Å². The predicted molar refractivity (Wildman–Crippen MR) is 81.6 cm³/mol. The van der Waals surface area contributed by atoms with E-state index in [9.17, 15) is 0 Å². The Hall–Kier alpha value is -1.60. The van der Waals surface area contributed by atoms with Gasteiger partial charge in [-0.1, -0.05) is 61.8 Å².